The summed E-state index contributed by atoms with van der Waals surface area (Å²) in [4.78, 5) is 22.1. The monoisotopic (exact) mass is 454 g/mol. The standard InChI is InChI=1S/C20H24N6O2.C3H6O2/c1-12-16(13(2)26(24-12)15-6-4-3-5-7-15)18-17(19(21)28-25-18)20(27)23-14-8-10-22-11-9-14;1-2-5-3-4/h3-7,14,22H,8-11,21H2,1-2H3,(H,23,27);3H,2H2,1H3. The minimum atomic E-state index is -0.257. The van der Waals surface area contributed by atoms with E-state index in [1.807, 2.05) is 48.9 Å². The molecule has 33 heavy (non-hydrogen) atoms. The van der Waals surface area contributed by atoms with Gasteiger partial charge >= 0.3 is 0 Å². The van der Waals surface area contributed by atoms with Crippen LogP contribution in [0.3, 0.4) is 0 Å². The third kappa shape index (κ3) is 5.58. The second-order valence-electron chi connectivity index (χ2n) is 7.61. The van der Waals surface area contributed by atoms with Crippen molar-refractivity contribution in [1.82, 2.24) is 25.6 Å². The number of carbonyl (C=O) groups excluding carboxylic acids is 2. The molecule has 1 fully saturated rings. The highest BCUT2D eigenvalue weighted by atomic mass is 16.5. The van der Waals surface area contributed by atoms with Crippen LogP contribution in [0.5, 0.6) is 0 Å². The van der Waals surface area contributed by atoms with Crippen LogP contribution in [0.25, 0.3) is 16.9 Å². The van der Waals surface area contributed by atoms with E-state index in [2.05, 4.69) is 25.6 Å². The summed E-state index contributed by atoms with van der Waals surface area (Å²) < 4.78 is 11.2. The fourth-order valence-electron chi connectivity index (χ4n) is 3.79. The molecule has 0 aliphatic carbocycles. The molecule has 1 aliphatic rings. The van der Waals surface area contributed by atoms with Crippen molar-refractivity contribution in [3.8, 4) is 16.9 Å². The number of hydrogen-bond acceptors (Lipinski definition) is 8. The summed E-state index contributed by atoms with van der Waals surface area (Å²) in [6, 6.07) is 9.94. The van der Waals surface area contributed by atoms with Gasteiger partial charge in [0.2, 0.25) is 5.88 Å². The highest BCUT2D eigenvalue weighted by Gasteiger charge is 2.28. The molecule has 4 N–H and O–H groups in total. The Kier molecular flexibility index (Phi) is 8.20. The van der Waals surface area contributed by atoms with Gasteiger partial charge in [-0.3, -0.25) is 9.59 Å². The summed E-state index contributed by atoms with van der Waals surface area (Å²) in [7, 11) is 0. The first-order valence-corrected chi connectivity index (χ1v) is 10.9. The highest BCUT2D eigenvalue weighted by molar-refractivity contribution is 6.04. The van der Waals surface area contributed by atoms with Crippen molar-refractivity contribution in [1.29, 1.82) is 0 Å². The molecule has 4 rings (SSSR count). The van der Waals surface area contributed by atoms with Gasteiger partial charge in [-0.1, -0.05) is 23.4 Å². The number of nitrogen functional groups attached to an aromatic ring is 1. The number of benzene rings is 1. The number of rotatable bonds is 6. The molecular weight excluding hydrogens is 424 g/mol. The van der Waals surface area contributed by atoms with Crippen molar-refractivity contribution in [2.75, 3.05) is 25.4 Å². The zero-order chi connectivity index (χ0) is 23.8. The number of carbonyl (C=O) groups is 2. The third-order valence-corrected chi connectivity index (χ3v) is 5.38. The Bertz CT molecular complexity index is 1070. The first-order valence-electron chi connectivity index (χ1n) is 10.9. The van der Waals surface area contributed by atoms with Crippen LogP contribution in [0.15, 0.2) is 34.9 Å². The number of ether oxygens (including phenoxy) is 1. The van der Waals surface area contributed by atoms with Crippen LogP contribution in [0, 0.1) is 13.8 Å². The van der Waals surface area contributed by atoms with Gasteiger partial charge in [0.1, 0.15) is 11.3 Å². The Hall–Kier alpha value is -3.66. The quantitative estimate of drug-likeness (QED) is 0.483. The number of aromatic nitrogens is 3. The first-order chi connectivity index (χ1) is 16.0. The number of anilines is 1. The summed E-state index contributed by atoms with van der Waals surface area (Å²) in [5.74, 6) is -0.236. The fraction of sp³-hybridized carbons (Fsp3) is 0.391. The van der Waals surface area contributed by atoms with Gasteiger partial charge < -0.3 is 25.6 Å². The van der Waals surface area contributed by atoms with E-state index in [-0.39, 0.29) is 23.4 Å². The van der Waals surface area contributed by atoms with Crippen LogP contribution in [0.2, 0.25) is 0 Å². The van der Waals surface area contributed by atoms with Gasteiger partial charge in [0.25, 0.3) is 12.4 Å². The summed E-state index contributed by atoms with van der Waals surface area (Å²) in [5, 5.41) is 15.1. The number of nitrogens with two attached hydrogens (primary N) is 1. The molecule has 176 valence electrons. The lowest BCUT2D eigenvalue weighted by atomic mass is 10.0. The molecule has 2 aromatic heterocycles. The number of piperidine rings is 1. The molecule has 10 heteroatoms. The van der Waals surface area contributed by atoms with Crippen LogP contribution in [-0.2, 0) is 9.53 Å². The van der Waals surface area contributed by atoms with E-state index < -0.39 is 0 Å². The van der Waals surface area contributed by atoms with E-state index in [9.17, 15) is 9.59 Å². The minimum Gasteiger partial charge on any atom is -0.468 e. The van der Waals surface area contributed by atoms with Crippen LogP contribution < -0.4 is 16.4 Å². The summed E-state index contributed by atoms with van der Waals surface area (Å²) in [6.45, 7) is 8.28. The lowest BCUT2D eigenvalue weighted by molar-refractivity contribution is -0.128. The predicted molar refractivity (Wildman–Crippen MR) is 124 cm³/mol. The lowest BCUT2D eigenvalue weighted by Crippen LogP contribution is -2.42. The van der Waals surface area contributed by atoms with Crippen molar-refractivity contribution in [3.63, 3.8) is 0 Å². The molecule has 0 unspecified atom stereocenters. The molecule has 0 radical (unpaired) electrons. The van der Waals surface area contributed by atoms with Gasteiger partial charge in [-0.05, 0) is 58.8 Å². The predicted octanol–water partition coefficient (Wildman–Crippen LogP) is 2.39. The van der Waals surface area contributed by atoms with E-state index >= 15 is 0 Å². The Morgan fingerprint density at radius 3 is 2.61 bits per heavy atom. The molecule has 3 aromatic rings. The Balaban J connectivity index is 0.000000555. The molecule has 1 saturated heterocycles. The van der Waals surface area contributed by atoms with E-state index in [4.69, 9.17) is 10.3 Å². The van der Waals surface area contributed by atoms with Gasteiger partial charge in [-0.2, -0.15) is 5.10 Å². The fourth-order valence-corrected chi connectivity index (χ4v) is 3.79. The highest BCUT2D eigenvalue weighted by Crippen LogP contribution is 2.33. The first kappa shape index (κ1) is 24.0. The largest absolute Gasteiger partial charge is 0.468 e. The number of para-hydroxylation sites is 1. The normalized spacial score (nSPS) is 13.7. The average Bonchev–Trinajstić information content (AvgIpc) is 3.34. The zero-order valence-corrected chi connectivity index (χ0v) is 19.1. The van der Waals surface area contributed by atoms with E-state index in [0.717, 1.165) is 48.6 Å². The molecule has 1 amide bonds. The minimum absolute atomic E-state index is 0.0210. The molecule has 0 bridgehead atoms. The molecular formula is C23H30N6O4. The second-order valence-corrected chi connectivity index (χ2v) is 7.61. The van der Waals surface area contributed by atoms with Crippen molar-refractivity contribution in [3.05, 3.63) is 47.3 Å². The zero-order valence-electron chi connectivity index (χ0n) is 19.1. The van der Waals surface area contributed by atoms with Gasteiger partial charge in [0, 0.05) is 11.6 Å². The van der Waals surface area contributed by atoms with Crippen molar-refractivity contribution in [2.24, 2.45) is 0 Å². The van der Waals surface area contributed by atoms with Gasteiger partial charge in [-0.25, -0.2) is 4.68 Å². The molecule has 1 aromatic carbocycles. The average molecular weight is 455 g/mol. The molecule has 0 saturated carbocycles. The number of hydrogen-bond donors (Lipinski definition) is 3. The summed E-state index contributed by atoms with van der Waals surface area (Å²) >= 11 is 0. The number of nitrogens with one attached hydrogen (secondary N) is 2. The lowest BCUT2D eigenvalue weighted by Gasteiger charge is -2.23. The smallest absolute Gasteiger partial charge is 0.293 e. The molecule has 0 spiro atoms. The maximum atomic E-state index is 12.9. The summed E-state index contributed by atoms with van der Waals surface area (Å²) in [5.41, 5.74) is 10.0. The molecule has 1 aliphatic heterocycles. The van der Waals surface area contributed by atoms with Crippen molar-refractivity contribution < 1.29 is 18.8 Å². The number of amides is 1. The second kappa shape index (κ2) is 11.3. The maximum absolute atomic E-state index is 12.9. The van der Waals surface area contributed by atoms with Gasteiger partial charge in [0.15, 0.2) is 0 Å². The molecule has 3 heterocycles. The van der Waals surface area contributed by atoms with E-state index in [1.54, 1.807) is 6.92 Å². The topological polar surface area (TPSA) is 137 Å². The Morgan fingerprint density at radius 1 is 1.30 bits per heavy atom. The van der Waals surface area contributed by atoms with Crippen LogP contribution >= 0.6 is 0 Å². The SMILES string of the molecule is CCOC=O.Cc1nn(-c2ccccc2)c(C)c1-c1noc(N)c1C(=O)NC1CCNCC1. The van der Waals surface area contributed by atoms with Crippen molar-refractivity contribution in [2.45, 2.75) is 39.7 Å². The number of aryl methyl sites for hydroxylation is 1. The number of nitrogens with zero attached hydrogens (tertiary/aromatic N) is 3. The van der Waals surface area contributed by atoms with Crippen LogP contribution in [-0.4, -0.2) is 53.1 Å². The van der Waals surface area contributed by atoms with Gasteiger partial charge in [0.05, 0.1) is 23.7 Å². The summed E-state index contributed by atoms with van der Waals surface area (Å²) in [6.07, 6.45) is 1.77. The van der Waals surface area contributed by atoms with Crippen molar-refractivity contribution >= 4 is 18.3 Å². The third-order valence-electron chi connectivity index (χ3n) is 5.38. The molecule has 10 nitrogen and oxygen atoms in total. The van der Waals surface area contributed by atoms with Crippen LogP contribution in [0.1, 0.15) is 41.5 Å². The maximum Gasteiger partial charge on any atom is 0.293 e. The Labute approximate surface area is 192 Å². The van der Waals surface area contributed by atoms with Gasteiger partial charge in [-0.15, -0.1) is 0 Å². The Morgan fingerprint density at radius 2 is 2.00 bits per heavy atom. The molecule has 0 atom stereocenters. The van der Waals surface area contributed by atoms with E-state index in [1.165, 1.54) is 0 Å². The van der Waals surface area contributed by atoms with Crippen LogP contribution in [0.4, 0.5) is 5.88 Å². The van der Waals surface area contributed by atoms with E-state index in [0.29, 0.717) is 18.8 Å².